The quantitative estimate of drug-likeness (QED) is 0.239. The zero-order valence-electron chi connectivity index (χ0n) is 22.3. The van der Waals surface area contributed by atoms with Crippen LogP contribution >= 0.6 is 12.2 Å². The normalized spacial score (nSPS) is 20.3. The second-order valence-electron chi connectivity index (χ2n) is 8.47. The van der Waals surface area contributed by atoms with Gasteiger partial charge in [0, 0.05) is 47.2 Å². The van der Waals surface area contributed by atoms with Gasteiger partial charge in [-0.3, -0.25) is 38.6 Å². The lowest BCUT2D eigenvalue weighted by Crippen LogP contribution is -2.73. The number of amides is 1. The van der Waals surface area contributed by atoms with Gasteiger partial charge in [-0.2, -0.15) is 0 Å². The summed E-state index contributed by atoms with van der Waals surface area (Å²) in [5.41, 5.74) is 0.385. The molecule has 212 valence electrons. The number of hydrogen-bond donors (Lipinski definition) is 0. The van der Waals surface area contributed by atoms with Gasteiger partial charge in [0.1, 0.15) is 12.6 Å². The Morgan fingerprint density at radius 3 is 1.82 bits per heavy atom. The monoisotopic (exact) mass is 566 g/mol. The molecule has 14 heteroatoms. The number of esters is 5. The Balaban J connectivity index is 2.84. The van der Waals surface area contributed by atoms with E-state index in [0.717, 1.165) is 46.4 Å². The minimum atomic E-state index is -1.60. The van der Waals surface area contributed by atoms with Crippen LogP contribution in [0.3, 0.4) is 0 Å². The van der Waals surface area contributed by atoms with E-state index < -0.39 is 72.9 Å². The zero-order chi connectivity index (χ0) is 29.4. The number of thiocarbonyl (C=S) groups is 1. The second-order valence-corrected chi connectivity index (χ2v) is 8.83. The van der Waals surface area contributed by atoms with Crippen LogP contribution in [0.2, 0.25) is 0 Å². The molecule has 2 rings (SSSR count). The number of hydrogen-bond acceptors (Lipinski definition) is 12. The van der Waals surface area contributed by atoms with Crippen LogP contribution in [0.25, 0.3) is 0 Å². The third-order valence-corrected chi connectivity index (χ3v) is 5.71. The Bertz CT molecular complexity index is 1130. The minimum Gasteiger partial charge on any atom is -0.462 e. The summed E-state index contributed by atoms with van der Waals surface area (Å²) in [5, 5.41) is -0.195. The maximum atomic E-state index is 13.1. The van der Waals surface area contributed by atoms with Crippen molar-refractivity contribution in [2.24, 2.45) is 0 Å². The van der Waals surface area contributed by atoms with Crippen molar-refractivity contribution in [2.45, 2.75) is 72.1 Å². The molecule has 0 saturated carbocycles. The van der Waals surface area contributed by atoms with E-state index in [1.54, 1.807) is 30.3 Å². The molecule has 1 aliphatic heterocycles. The summed E-state index contributed by atoms with van der Waals surface area (Å²) in [6.07, 6.45) is -6.08. The van der Waals surface area contributed by atoms with Gasteiger partial charge in [0.25, 0.3) is 0 Å². The number of ether oxygens (including phenoxy) is 5. The number of nitrogens with zero attached hydrogens (tertiary/aromatic N) is 2. The summed E-state index contributed by atoms with van der Waals surface area (Å²) in [6.45, 7) is 6.02. The molecule has 13 nitrogen and oxygen atoms in total. The molecule has 1 heterocycles. The van der Waals surface area contributed by atoms with Crippen molar-refractivity contribution in [3.8, 4) is 0 Å². The molecule has 0 spiro atoms. The van der Waals surface area contributed by atoms with E-state index in [-0.39, 0.29) is 5.11 Å². The number of anilines is 1. The fourth-order valence-corrected chi connectivity index (χ4v) is 4.57. The molecule has 1 saturated heterocycles. The first kappa shape index (κ1) is 31.1. The second kappa shape index (κ2) is 13.6. The maximum absolute atomic E-state index is 13.1. The van der Waals surface area contributed by atoms with Crippen molar-refractivity contribution in [1.82, 2.24) is 4.90 Å². The fourth-order valence-electron chi connectivity index (χ4n) is 4.11. The summed E-state index contributed by atoms with van der Waals surface area (Å²) in [6, 6.07) is 6.82. The van der Waals surface area contributed by atoms with E-state index >= 15 is 0 Å². The number of rotatable bonds is 9. The van der Waals surface area contributed by atoms with Crippen molar-refractivity contribution < 1.29 is 52.5 Å². The summed E-state index contributed by atoms with van der Waals surface area (Å²) in [4.78, 5) is 75.8. The smallest absolute Gasteiger partial charge is 0.304 e. The third-order valence-electron chi connectivity index (χ3n) is 5.32. The van der Waals surface area contributed by atoms with Crippen molar-refractivity contribution >= 4 is 58.8 Å². The highest BCUT2D eigenvalue weighted by Gasteiger charge is 2.56. The van der Waals surface area contributed by atoms with Crippen LogP contribution in [0.1, 0.15) is 41.5 Å². The van der Waals surface area contributed by atoms with Crippen LogP contribution in [0, 0.1) is 0 Å². The zero-order valence-corrected chi connectivity index (χ0v) is 23.1. The molecule has 1 fully saturated rings. The standard InChI is InChI=1S/C25H30N2O11S/c1-13(28)26-21(22(36-16(4)31)20(35-15(3)30)12-34-14(2)29)23(37-17(5)32)24(38-18(6)33)27(25(26)39)19-10-8-7-9-11-19/h7-11,20-24H,12H2,1-6H3/t20-,21-,22-,23-,24-/m1/s1. The minimum absolute atomic E-state index is 0.195. The topological polar surface area (TPSA) is 155 Å². The average Bonchev–Trinajstić information content (AvgIpc) is 2.81. The molecule has 0 aromatic heterocycles. The lowest BCUT2D eigenvalue weighted by molar-refractivity contribution is -0.196. The highest BCUT2D eigenvalue weighted by atomic mass is 32.1. The van der Waals surface area contributed by atoms with E-state index in [2.05, 4.69) is 0 Å². The van der Waals surface area contributed by atoms with Gasteiger partial charge in [0.05, 0.1) is 0 Å². The first-order valence-corrected chi connectivity index (χ1v) is 12.2. The number of carbonyl (C=O) groups excluding carboxylic acids is 6. The highest BCUT2D eigenvalue weighted by molar-refractivity contribution is 7.80. The Hall–Kier alpha value is -4.07. The lowest BCUT2D eigenvalue weighted by Gasteiger charge is -2.51. The Kier molecular flexibility index (Phi) is 10.9. The molecule has 5 atom stereocenters. The van der Waals surface area contributed by atoms with Crippen LogP contribution in [0.4, 0.5) is 5.69 Å². The van der Waals surface area contributed by atoms with Crippen molar-refractivity contribution in [2.75, 3.05) is 11.5 Å². The maximum Gasteiger partial charge on any atom is 0.304 e. The van der Waals surface area contributed by atoms with Crippen LogP contribution in [-0.2, 0) is 52.5 Å². The molecule has 1 aliphatic rings. The molecular formula is C25H30N2O11S. The van der Waals surface area contributed by atoms with Gasteiger partial charge >= 0.3 is 29.8 Å². The van der Waals surface area contributed by atoms with E-state index in [1.807, 2.05) is 0 Å². The van der Waals surface area contributed by atoms with Crippen LogP contribution in [-0.4, -0.2) is 83.0 Å². The molecule has 1 aromatic rings. The lowest BCUT2D eigenvalue weighted by atomic mass is 9.93. The summed E-state index contributed by atoms with van der Waals surface area (Å²) in [5.74, 6) is -4.72. The molecule has 0 unspecified atom stereocenters. The fraction of sp³-hybridized carbons (Fsp3) is 0.480. The van der Waals surface area contributed by atoms with Gasteiger partial charge in [0.15, 0.2) is 23.4 Å². The number of para-hydroxylation sites is 1. The van der Waals surface area contributed by atoms with Gasteiger partial charge < -0.3 is 23.7 Å². The molecule has 0 bridgehead atoms. The third kappa shape index (κ3) is 8.21. The number of benzene rings is 1. The molecule has 0 radical (unpaired) electrons. The average molecular weight is 567 g/mol. The molecule has 1 amide bonds. The predicted octanol–water partition coefficient (Wildman–Crippen LogP) is 1.26. The van der Waals surface area contributed by atoms with Gasteiger partial charge in [0.2, 0.25) is 12.1 Å². The van der Waals surface area contributed by atoms with Gasteiger partial charge in [-0.15, -0.1) is 0 Å². The van der Waals surface area contributed by atoms with Gasteiger partial charge in [-0.25, -0.2) is 0 Å². The first-order chi connectivity index (χ1) is 18.2. The Labute approximate surface area is 230 Å². The van der Waals surface area contributed by atoms with E-state index in [9.17, 15) is 28.8 Å². The van der Waals surface area contributed by atoms with Crippen molar-refractivity contribution in [3.05, 3.63) is 30.3 Å². The van der Waals surface area contributed by atoms with E-state index in [0.29, 0.717) is 5.69 Å². The largest absolute Gasteiger partial charge is 0.462 e. The molecule has 0 N–H and O–H groups in total. The molecular weight excluding hydrogens is 536 g/mol. The molecule has 1 aromatic carbocycles. The van der Waals surface area contributed by atoms with E-state index in [4.69, 9.17) is 35.9 Å². The van der Waals surface area contributed by atoms with Crippen LogP contribution in [0.15, 0.2) is 30.3 Å². The Morgan fingerprint density at radius 1 is 0.795 bits per heavy atom. The summed E-state index contributed by atoms with van der Waals surface area (Å²) in [7, 11) is 0. The molecule has 39 heavy (non-hydrogen) atoms. The van der Waals surface area contributed by atoms with Gasteiger partial charge in [-0.1, -0.05) is 18.2 Å². The van der Waals surface area contributed by atoms with Crippen molar-refractivity contribution in [1.29, 1.82) is 0 Å². The first-order valence-electron chi connectivity index (χ1n) is 11.7. The highest BCUT2D eigenvalue weighted by Crippen LogP contribution is 2.35. The van der Waals surface area contributed by atoms with Crippen LogP contribution in [0.5, 0.6) is 0 Å². The number of carbonyl (C=O) groups is 6. The predicted molar refractivity (Wildman–Crippen MR) is 137 cm³/mol. The summed E-state index contributed by atoms with van der Waals surface area (Å²) < 4.78 is 27.0. The van der Waals surface area contributed by atoms with Gasteiger partial charge in [-0.05, 0) is 24.4 Å². The van der Waals surface area contributed by atoms with E-state index in [1.165, 1.54) is 4.90 Å². The summed E-state index contributed by atoms with van der Waals surface area (Å²) >= 11 is 5.66. The van der Waals surface area contributed by atoms with Crippen LogP contribution < -0.4 is 4.90 Å². The molecule has 0 aliphatic carbocycles. The Morgan fingerprint density at radius 2 is 1.36 bits per heavy atom. The SMILES string of the molecule is CC(=O)OC[C@@H](OC(C)=O)[C@@H](OC(C)=O)[C@@H]1[C@@H](OC(C)=O)[C@@H](OC(C)=O)N(c2ccccc2)C(=S)N1C(C)=O. The van der Waals surface area contributed by atoms with Crippen molar-refractivity contribution in [3.63, 3.8) is 0 Å².